The van der Waals surface area contributed by atoms with Crippen LogP contribution in [0.5, 0.6) is 0 Å². The Kier molecular flexibility index (Phi) is 62.0. The molecule has 0 atom stereocenters. The zero-order valence-corrected chi connectivity index (χ0v) is 20.8. The van der Waals surface area contributed by atoms with E-state index < -0.39 is 0 Å². The summed E-state index contributed by atoms with van der Waals surface area (Å²) in [5.41, 5.74) is 1.15. The molecule has 0 amide bonds. The van der Waals surface area contributed by atoms with Crippen LogP contribution in [-0.4, -0.2) is 4.98 Å². The number of nitrogens with one attached hydrogen (secondary N) is 1. The van der Waals surface area contributed by atoms with Crippen LogP contribution in [-0.2, 0) is 21.7 Å². The smallest absolute Gasteiger partial charge is 0 e. The fourth-order valence-corrected chi connectivity index (χ4v) is 1.27. The molecule has 0 spiro atoms. The summed E-state index contributed by atoms with van der Waals surface area (Å²) in [5, 5.41) is 1.22. The maximum Gasteiger partial charge on any atom is 0 e. The molecular weight excluding hydrogens is 397 g/mol. The number of aromatic nitrogens is 1. The summed E-state index contributed by atoms with van der Waals surface area (Å²) in [6, 6.07) is 10.1. The van der Waals surface area contributed by atoms with Crippen molar-refractivity contribution < 1.29 is 21.7 Å². The van der Waals surface area contributed by atoms with Crippen LogP contribution in [0.3, 0.4) is 0 Å². The first-order valence-electron chi connectivity index (χ1n) is 6.12. The van der Waals surface area contributed by atoms with Crippen molar-refractivity contribution in [2.75, 3.05) is 0 Å². The molecule has 3 rings (SSSR count). The third kappa shape index (κ3) is 25.8. The largest absolute Gasteiger partial charge is 0.477 e. The first-order chi connectivity index (χ1) is 8.70. The molecule has 1 nitrogen and oxygen atoms in total. The molecule has 0 saturated heterocycles. The average molecular weight is 434 g/mol. The van der Waals surface area contributed by atoms with Gasteiger partial charge < -0.3 is 48.0 Å². The number of allylic oxidation sites excluding steroid dienone is 4. The van der Waals surface area contributed by atoms with Gasteiger partial charge in [0.25, 0.3) is 0 Å². The number of hydrogen-bond acceptors (Lipinski definition) is 0. The van der Waals surface area contributed by atoms with E-state index >= 15 is 0 Å². The normalized spacial score (nSPS) is 8.31. The molecule has 4 heteroatoms. The van der Waals surface area contributed by atoms with E-state index in [1.54, 1.807) is 0 Å². The standard InChI is InChI=1S/C8H6N.C5H5.C4H9.5CH3.2ClH.Ti/c1-2-4-8-7(3-1)5-6-9-8;1-2-4-5-3-1;1-4(2)3;;;;;;;;/h1-5,9H;1-3H,4H2;1-3H3;5*1H3;2*1H;/q8*-1;;;. The van der Waals surface area contributed by atoms with Crippen LogP contribution >= 0.6 is 24.8 Å². The van der Waals surface area contributed by atoms with E-state index in [-0.39, 0.29) is 83.7 Å². The van der Waals surface area contributed by atoms with Gasteiger partial charge in [-0.2, -0.15) is 38.3 Å². The van der Waals surface area contributed by atoms with Gasteiger partial charge in [-0.15, -0.1) is 55.1 Å². The molecule has 1 aromatic heterocycles. The Morgan fingerprint density at radius 1 is 0.923 bits per heavy atom. The van der Waals surface area contributed by atoms with E-state index in [1.165, 1.54) is 11.3 Å². The Bertz CT molecular complexity index is 463. The van der Waals surface area contributed by atoms with E-state index in [9.17, 15) is 0 Å². The second kappa shape index (κ2) is 32.2. The number of halogens is 2. The maximum absolute atomic E-state index is 2.99. The summed E-state index contributed by atoms with van der Waals surface area (Å²) in [7, 11) is 0. The quantitative estimate of drug-likeness (QED) is 0.320. The van der Waals surface area contributed by atoms with Crippen LogP contribution in [0.1, 0.15) is 27.2 Å². The van der Waals surface area contributed by atoms with Gasteiger partial charge in [0, 0.05) is 21.7 Å². The van der Waals surface area contributed by atoms with Crippen molar-refractivity contribution in [1.29, 1.82) is 0 Å². The monoisotopic (exact) mass is 433 g/mol. The average Bonchev–Trinajstić information content (AvgIpc) is 3.03. The minimum absolute atomic E-state index is 0. The first kappa shape index (κ1) is 50.0. The molecule has 1 N–H and O–H groups in total. The van der Waals surface area contributed by atoms with Crippen LogP contribution in [0.25, 0.3) is 10.9 Å². The summed E-state index contributed by atoms with van der Waals surface area (Å²) >= 11 is 0. The fourth-order valence-electron chi connectivity index (χ4n) is 1.27. The predicted molar refractivity (Wildman–Crippen MR) is 126 cm³/mol. The molecule has 156 valence electrons. The van der Waals surface area contributed by atoms with Crippen LogP contribution in [0, 0.1) is 55.3 Å². The van der Waals surface area contributed by atoms with Gasteiger partial charge in [0.15, 0.2) is 0 Å². The first-order valence-corrected chi connectivity index (χ1v) is 6.12. The molecule has 26 heavy (non-hydrogen) atoms. The second-order valence-corrected chi connectivity index (χ2v) is 4.50. The van der Waals surface area contributed by atoms with E-state index in [2.05, 4.69) is 50.2 Å². The summed E-state index contributed by atoms with van der Waals surface area (Å²) in [6.45, 7) is 6.25. The second-order valence-electron chi connectivity index (χ2n) is 4.50. The summed E-state index contributed by atoms with van der Waals surface area (Å²) in [4.78, 5) is 2.99. The van der Waals surface area contributed by atoms with E-state index in [0.29, 0.717) is 0 Å². The van der Waals surface area contributed by atoms with Crippen LogP contribution in [0.2, 0.25) is 0 Å². The molecule has 1 aliphatic rings. The van der Waals surface area contributed by atoms with Gasteiger partial charge in [0.2, 0.25) is 0 Å². The van der Waals surface area contributed by atoms with Crippen LogP contribution in [0.15, 0.2) is 48.6 Å². The third-order valence-corrected chi connectivity index (χ3v) is 1.98. The van der Waals surface area contributed by atoms with Crippen LogP contribution in [0.4, 0.5) is 0 Å². The Hall–Kier alpha value is -0.466. The summed E-state index contributed by atoms with van der Waals surface area (Å²) in [5.74, 6) is 1.42. The van der Waals surface area contributed by atoms with Gasteiger partial charge in [-0.1, -0.05) is 12.1 Å². The predicted octanol–water partition coefficient (Wildman–Crippen LogP) is 7.99. The fraction of sp³-hybridized carbons (Fsp3) is 0.182. The summed E-state index contributed by atoms with van der Waals surface area (Å²) < 4.78 is 0. The Morgan fingerprint density at radius 2 is 1.42 bits per heavy atom. The number of hydrogen-bond donors (Lipinski definition) is 1. The van der Waals surface area contributed by atoms with Crippen molar-refractivity contribution >= 4 is 35.7 Å². The molecule has 0 radical (unpaired) electrons. The third-order valence-electron chi connectivity index (χ3n) is 1.98. The number of fused-ring (bicyclic) bond motifs is 1. The SMILES string of the molecule is C[C-](C)C.Cl.Cl.[C-]1=CC=CC1.[CH3-].[CH3-].[CH3-].[CH3-].[CH3-].[Ti].[c-]1cc2ccccc2[nH]1. The van der Waals surface area contributed by atoms with Gasteiger partial charge in [-0.3, -0.25) is 6.08 Å². The van der Waals surface area contributed by atoms with E-state index in [1.807, 2.05) is 36.4 Å². The Labute approximate surface area is 192 Å². The van der Waals surface area contributed by atoms with Gasteiger partial charge in [0.05, 0.1) is 0 Å². The van der Waals surface area contributed by atoms with Gasteiger partial charge in [0.1, 0.15) is 0 Å². The summed E-state index contributed by atoms with van der Waals surface area (Å²) in [6.07, 6.45) is 12.9. The molecule has 1 heterocycles. The van der Waals surface area contributed by atoms with E-state index in [0.717, 1.165) is 11.9 Å². The molecular formula is C22H37Cl2NTi-8. The maximum atomic E-state index is 2.99. The topological polar surface area (TPSA) is 15.8 Å². The van der Waals surface area contributed by atoms with E-state index in [4.69, 9.17) is 0 Å². The molecule has 0 unspecified atom stereocenters. The van der Waals surface area contributed by atoms with Crippen molar-refractivity contribution in [3.8, 4) is 0 Å². The molecule has 0 bridgehead atoms. The zero-order valence-electron chi connectivity index (χ0n) is 17.6. The van der Waals surface area contributed by atoms with Gasteiger partial charge >= 0.3 is 0 Å². The number of para-hydroxylation sites is 1. The van der Waals surface area contributed by atoms with Gasteiger partial charge in [-0.05, 0) is 0 Å². The van der Waals surface area contributed by atoms with Crippen molar-refractivity contribution in [1.82, 2.24) is 4.98 Å². The molecule has 1 aliphatic carbocycles. The van der Waals surface area contributed by atoms with Crippen molar-refractivity contribution in [3.63, 3.8) is 0 Å². The molecule has 2 aromatic rings. The molecule has 1 aromatic carbocycles. The number of H-pyrrole nitrogens is 1. The van der Waals surface area contributed by atoms with Gasteiger partial charge in [-0.25, -0.2) is 12.2 Å². The minimum atomic E-state index is 0. The molecule has 0 aliphatic heterocycles. The van der Waals surface area contributed by atoms with Crippen molar-refractivity contribution in [2.24, 2.45) is 0 Å². The number of aromatic amines is 1. The van der Waals surface area contributed by atoms with Crippen LogP contribution < -0.4 is 0 Å². The Morgan fingerprint density at radius 3 is 1.77 bits per heavy atom. The van der Waals surface area contributed by atoms with Crippen molar-refractivity contribution in [3.05, 3.63) is 104 Å². The molecule has 0 fully saturated rings. The zero-order chi connectivity index (χ0) is 13.2. The minimum Gasteiger partial charge on any atom is -0.477 e. The van der Waals surface area contributed by atoms with Crippen molar-refractivity contribution in [2.45, 2.75) is 27.2 Å². The number of rotatable bonds is 0. The molecule has 0 saturated carbocycles. The Balaban J connectivity index is -0.0000000289. The number of benzene rings is 1.